The maximum atomic E-state index is 13.2. The van der Waals surface area contributed by atoms with Crippen molar-refractivity contribution in [1.29, 1.82) is 0 Å². The first kappa shape index (κ1) is 18.9. The number of aryl methyl sites for hydroxylation is 1. The SMILES string of the molecule is Cn1cc(Br)c(C(=O)[C@@]2(C)CNCCN2CC(=O)c2ccc(F)cc2)n1. The zero-order valence-electron chi connectivity index (χ0n) is 14.6. The van der Waals surface area contributed by atoms with E-state index in [0.29, 0.717) is 35.4 Å². The van der Waals surface area contributed by atoms with Gasteiger partial charge in [-0.2, -0.15) is 5.10 Å². The number of nitrogens with zero attached hydrogens (tertiary/aromatic N) is 3. The highest BCUT2D eigenvalue weighted by Crippen LogP contribution is 2.26. The van der Waals surface area contributed by atoms with Crippen LogP contribution in [0.25, 0.3) is 0 Å². The molecule has 1 saturated heterocycles. The fraction of sp³-hybridized carbons (Fsp3) is 0.389. The minimum absolute atomic E-state index is 0.0833. The van der Waals surface area contributed by atoms with E-state index in [-0.39, 0.29) is 23.9 Å². The Labute approximate surface area is 159 Å². The molecule has 1 aliphatic heterocycles. The fourth-order valence-electron chi connectivity index (χ4n) is 3.15. The Morgan fingerprint density at radius 3 is 2.65 bits per heavy atom. The fourth-order valence-corrected chi connectivity index (χ4v) is 3.71. The van der Waals surface area contributed by atoms with Gasteiger partial charge in [0.15, 0.2) is 5.78 Å². The first-order valence-electron chi connectivity index (χ1n) is 8.30. The summed E-state index contributed by atoms with van der Waals surface area (Å²) in [5.41, 5.74) is -0.123. The predicted molar refractivity (Wildman–Crippen MR) is 98.8 cm³/mol. The van der Waals surface area contributed by atoms with Crippen molar-refractivity contribution in [3.8, 4) is 0 Å². The highest BCUT2D eigenvalue weighted by Gasteiger charge is 2.44. The van der Waals surface area contributed by atoms with Crippen molar-refractivity contribution in [3.05, 3.63) is 52.0 Å². The second-order valence-corrected chi connectivity index (χ2v) is 7.49. The molecule has 1 aliphatic rings. The van der Waals surface area contributed by atoms with Gasteiger partial charge in [-0.25, -0.2) is 4.39 Å². The molecule has 3 rings (SSSR count). The van der Waals surface area contributed by atoms with E-state index < -0.39 is 5.54 Å². The van der Waals surface area contributed by atoms with E-state index in [1.165, 1.54) is 24.3 Å². The zero-order valence-corrected chi connectivity index (χ0v) is 16.2. The molecule has 6 nitrogen and oxygen atoms in total. The Hall–Kier alpha value is -1.90. The summed E-state index contributed by atoms with van der Waals surface area (Å²) in [6.45, 7) is 3.56. The zero-order chi connectivity index (χ0) is 18.9. The number of nitrogens with one attached hydrogen (secondary N) is 1. The monoisotopic (exact) mass is 422 g/mol. The number of carbonyl (C=O) groups is 2. The molecule has 138 valence electrons. The van der Waals surface area contributed by atoms with Gasteiger partial charge in [-0.3, -0.25) is 19.2 Å². The number of aromatic nitrogens is 2. The molecule has 1 aromatic carbocycles. The average molecular weight is 423 g/mol. The molecule has 2 heterocycles. The molecule has 0 bridgehead atoms. The maximum Gasteiger partial charge on any atom is 0.205 e. The molecule has 1 fully saturated rings. The topological polar surface area (TPSA) is 67.2 Å². The molecule has 1 aromatic heterocycles. The number of hydrogen-bond acceptors (Lipinski definition) is 5. The Morgan fingerprint density at radius 1 is 1.35 bits per heavy atom. The van der Waals surface area contributed by atoms with E-state index in [1.807, 2.05) is 11.8 Å². The van der Waals surface area contributed by atoms with E-state index in [9.17, 15) is 14.0 Å². The van der Waals surface area contributed by atoms with Crippen molar-refractivity contribution in [1.82, 2.24) is 20.0 Å². The number of halogens is 2. The van der Waals surface area contributed by atoms with Crippen molar-refractivity contribution in [2.45, 2.75) is 12.5 Å². The second kappa shape index (κ2) is 7.38. The number of ketones is 2. The molecule has 8 heteroatoms. The van der Waals surface area contributed by atoms with Crippen molar-refractivity contribution in [2.75, 3.05) is 26.2 Å². The van der Waals surface area contributed by atoms with Gasteiger partial charge in [-0.1, -0.05) is 0 Å². The lowest BCUT2D eigenvalue weighted by Crippen LogP contribution is -2.64. The summed E-state index contributed by atoms with van der Waals surface area (Å²) in [6.07, 6.45) is 1.72. The number of Topliss-reactive ketones (excluding diaryl/α,β-unsaturated/α-hetero) is 2. The van der Waals surface area contributed by atoms with E-state index in [1.54, 1.807) is 17.9 Å². The van der Waals surface area contributed by atoms with Gasteiger partial charge in [0.2, 0.25) is 5.78 Å². The molecule has 0 amide bonds. The van der Waals surface area contributed by atoms with Gasteiger partial charge in [0.05, 0.1) is 16.6 Å². The van der Waals surface area contributed by atoms with Crippen LogP contribution in [0.2, 0.25) is 0 Å². The third-order valence-electron chi connectivity index (χ3n) is 4.71. The van der Waals surface area contributed by atoms with Crippen molar-refractivity contribution >= 4 is 27.5 Å². The van der Waals surface area contributed by atoms with Crippen LogP contribution in [-0.2, 0) is 7.05 Å². The van der Waals surface area contributed by atoms with Crippen LogP contribution in [0.15, 0.2) is 34.9 Å². The molecule has 0 aliphatic carbocycles. The summed E-state index contributed by atoms with van der Waals surface area (Å²) in [7, 11) is 1.75. The van der Waals surface area contributed by atoms with Gasteiger partial charge in [0.1, 0.15) is 11.5 Å². The molecule has 26 heavy (non-hydrogen) atoms. The molecular weight excluding hydrogens is 403 g/mol. The Bertz CT molecular complexity index is 836. The van der Waals surface area contributed by atoms with Gasteiger partial charge in [-0.15, -0.1) is 0 Å². The Kier molecular flexibility index (Phi) is 5.36. The van der Waals surface area contributed by atoms with Crippen LogP contribution in [0.4, 0.5) is 4.39 Å². The molecule has 0 spiro atoms. The number of piperazine rings is 1. The van der Waals surface area contributed by atoms with Crippen LogP contribution in [0.5, 0.6) is 0 Å². The third-order valence-corrected chi connectivity index (χ3v) is 5.30. The second-order valence-electron chi connectivity index (χ2n) is 6.63. The first-order chi connectivity index (χ1) is 12.3. The molecule has 0 radical (unpaired) electrons. The van der Waals surface area contributed by atoms with Crippen LogP contribution < -0.4 is 5.32 Å². The molecule has 0 unspecified atom stereocenters. The maximum absolute atomic E-state index is 13.2. The largest absolute Gasteiger partial charge is 0.313 e. The van der Waals surface area contributed by atoms with E-state index in [4.69, 9.17) is 0 Å². The van der Waals surface area contributed by atoms with Gasteiger partial charge in [0.25, 0.3) is 0 Å². The lowest BCUT2D eigenvalue weighted by Gasteiger charge is -2.43. The Balaban J connectivity index is 1.84. The van der Waals surface area contributed by atoms with Crippen LogP contribution in [0.3, 0.4) is 0 Å². The molecule has 1 atom stereocenters. The summed E-state index contributed by atoms with van der Waals surface area (Å²) in [5, 5.41) is 7.48. The van der Waals surface area contributed by atoms with Crippen molar-refractivity contribution in [2.24, 2.45) is 7.05 Å². The molecule has 2 aromatic rings. The molecule has 1 N–H and O–H groups in total. The summed E-state index contributed by atoms with van der Waals surface area (Å²) >= 11 is 3.38. The van der Waals surface area contributed by atoms with Crippen molar-refractivity contribution in [3.63, 3.8) is 0 Å². The highest BCUT2D eigenvalue weighted by molar-refractivity contribution is 9.10. The summed E-state index contributed by atoms with van der Waals surface area (Å²) in [6, 6.07) is 5.46. The highest BCUT2D eigenvalue weighted by atomic mass is 79.9. The van der Waals surface area contributed by atoms with Gasteiger partial charge in [0, 0.05) is 38.4 Å². The standard InChI is InChI=1S/C18H20BrFN4O2/c1-18(17(26)16-14(19)9-23(2)22-16)11-21-7-8-24(18)10-15(25)12-3-5-13(20)6-4-12/h3-6,9,21H,7-8,10-11H2,1-2H3/t18-/m1/s1. The van der Waals surface area contributed by atoms with E-state index in [2.05, 4.69) is 26.3 Å². The summed E-state index contributed by atoms with van der Waals surface area (Å²) in [5.74, 6) is -0.682. The summed E-state index contributed by atoms with van der Waals surface area (Å²) < 4.78 is 15.3. The first-order valence-corrected chi connectivity index (χ1v) is 9.09. The minimum atomic E-state index is -0.898. The average Bonchev–Trinajstić information content (AvgIpc) is 2.95. The normalized spacial score (nSPS) is 20.9. The van der Waals surface area contributed by atoms with Crippen molar-refractivity contribution < 1.29 is 14.0 Å². The summed E-state index contributed by atoms with van der Waals surface area (Å²) in [4.78, 5) is 27.7. The number of hydrogen-bond donors (Lipinski definition) is 1. The lowest BCUT2D eigenvalue weighted by molar-refractivity contribution is 0.0470. The smallest absolute Gasteiger partial charge is 0.205 e. The molecular formula is C18H20BrFN4O2. The van der Waals surface area contributed by atoms with Crippen LogP contribution in [-0.4, -0.2) is 58.0 Å². The number of carbonyl (C=O) groups excluding carboxylic acids is 2. The van der Waals surface area contributed by atoms with Crippen LogP contribution in [0.1, 0.15) is 27.8 Å². The van der Waals surface area contributed by atoms with Crippen LogP contribution in [0, 0.1) is 5.82 Å². The predicted octanol–water partition coefficient (Wildman–Crippen LogP) is 2.05. The quantitative estimate of drug-likeness (QED) is 0.746. The van der Waals surface area contributed by atoms with Gasteiger partial charge < -0.3 is 5.32 Å². The number of benzene rings is 1. The molecule has 0 saturated carbocycles. The van der Waals surface area contributed by atoms with Crippen LogP contribution >= 0.6 is 15.9 Å². The number of rotatable bonds is 5. The van der Waals surface area contributed by atoms with E-state index in [0.717, 1.165) is 0 Å². The van der Waals surface area contributed by atoms with Gasteiger partial charge in [-0.05, 0) is 47.1 Å². The third kappa shape index (κ3) is 3.62. The Morgan fingerprint density at radius 2 is 2.04 bits per heavy atom. The van der Waals surface area contributed by atoms with E-state index >= 15 is 0 Å². The minimum Gasteiger partial charge on any atom is -0.313 e. The van der Waals surface area contributed by atoms with Gasteiger partial charge >= 0.3 is 0 Å². The lowest BCUT2D eigenvalue weighted by atomic mass is 9.89.